The van der Waals surface area contributed by atoms with Gasteiger partial charge in [0, 0.05) is 30.9 Å². The van der Waals surface area contributed by atoms with Gasteiger partial charge in [-0.05, 0) is 25.3 Å². The van der Waals surface area contributed by atoms with Crippen LogP contribution in [0, 0.1) is 6.92 Å². The van der Waals surface area contributed by atoms with Crippen LogP contribution in [0.4, 0.5) is 0 Å². The van der Waals surface area contributed by atoms with E-state index in [0.29, 0.717) is 31.1 Å². The van der Waals surface area contributed by atoms with Crippen LogP contribution in [0.5, 0.6) is 0 Å². The number of ether oxygens (including phenoxy) is 1. The lowest BCUT2D eigenvalue weighted by molar-refractivity contribution is 0.0835. The molecule has 1 aromatic carbocycles. The summed E-state index contributed by atoms with van der Waals surface area (Å²) in [6.45, 7) is 3.93. The van der Waals surface area contributed by atoms with Crippen molar-refractivity contribution in [2.75, 3.05) is 13.2 Å². The third kappa shape index (κ3) is 3.96. The van der Waals surface area contributed by atoms with Gasteiger partial charge >= 0.3 is 5.69 Å². The molecule has 146 valence electrons. The molecule has 1 N–H and O–H groups in total. The Morgan fingerprint density at radius 3 is 2.64 bits per heavy atom. The number of hydrogen-bond donors (Lipinski definition) is 1. The van der Waals surface area contributed by atoms with E-state index in [1.165, 1.54) is 4.57 Å². The summed E-state index contributed by atoms with van der Waals surface area (Å²) >= 11 is 0. The first kappa shape index (κ1) is 18.4. The maximum absolute atomic E-state index is 12.2. The Morgan fingerprint density at radius 2 is 1.89 bits per heavy atom. The molecule has 0 unspecified atom stereocenters. The molecule has 1 aliphatic rings. The topological polar surface area (TPSA) is 94.8 Å². The minimum absolute atomic E-state index is 0.250. The number of aromatic amines is 1. The predicted octanol–water partition coefficient (Wildman–Crippen LogP) is 1.43. The van der Waals surface area contributed by atoms with E-state index in [2.05, 4.69) is 4.98 Å². The van der Waals surface area contributed by atoms with E-state index in [0.717, 1.165) is 24.2 Å². The van der Waals surface area contributed by atoms with Crippen LogP contribution in [-0.2, 0) is 17.8 Å². The Bertz CT molecular complexity index is 1060. The Hall–Kier alpha value is -3.00. The molecule has 0 saturated carbocycles. The molecule has 8 heteroatoms. The van der Waals surface area contributed by atoms with Crippen LogP contribution in [0.2, 0.25) is 0 Å². The van der Waals surface area contributed by atoms with Crippen LogP contribution in [0.1, 0.15) is 41.5 Å². The summed E-state index contributed by atoms with van der Waals surface area (Å²) in [7, 11) is 0. The second-order valence-corrected chi connectivity index (χ2v) is 7.12. The maximum atomic E-state index is 12.2. The fourth-order valence-electron chi connectivity index (χ4n) is 3.41. The van der Waals surface area contributed by atoms with E-state index in [1.54, 1.807) is 13.1 Å². The molecule has 0 atom stereocenters. The lowest BCUT2D eigenvalue weighted by atomic mass is 10.00. The number of benzene rings is 1. The van der Waals surface area contributed by atoms with Crippen molar-refractivity contribution in [2.24, 2.45) is 0 Å². The molecule has 0 spiro atoms. The summed E-state index contributed by atoms with van der Waals surface area (Å²) in [6, 6.07) is 10.0. The van der Waals surface area contributed by atoms with Crippen molar-refractivity contribution < 1.29 is 4.74 Å². The normalized spacial score (nSPS) is 15.0. The molecular weight excluding hydrogens is 358 g/mol. The van der Waals surface area contributed by atoms with Gasteiger partial charge in [0.15, 0.2) is 5.82 Å². The van der Waals surface area contributed by atoms with Crippen molar-refractivity contribution >= 4 is 0 Å². The maximum Gasteiger partial charge on any atom is 0.328 e. The van der Waals surface area contributed by atoms with Gasteiger partial charge in [0.25, 0.3) is 5.56 Å². The van der Waals surface area contributed by atoms with Gasteiger partial charge in [0.1, 0.15) is 5.82 Å². The van der Waals surface area contributed by atoms with Gasteiger partial charge in [0.2, 0.25) is 0 Å². The second-order valence-electron chi connectivity index (χ2n) is 7.12. The van der Waals surface area contributed by atoms with E-state index in [-0.39, 0.29) is 18.0 Å². The molecule has 2 aromatic heterocycles. The average Bonchev–Trinajstić information content (AvgIpc) is 3.10. The minimum Gasteiger partial charge on any atom is -0.381 e. The van der Waals surface area contributed by atoms with Crippen LogP contribution in [0.15, 0.2) is 46.1 Å². The summed E-state index contributed by atoms with van der Waals surface area (Å²) in [5, 5.41) is 4.76. The Morgan fingerprint density at radius 1 is 1.14 bits per heavy atom. The Kier molecular flexibility index (Phi) is 5.21. The Labute approximate surface area is 161 Å². The summed E-state index contributed by atoms with van der Waals surface area (Å²) in [6.07, 6.45) is 3.36. The highest BCUT2D eigenvalue weighted by Crippen LogP contribution is 2.24. The van der Waals surface area contributed by atoms with Gasteiger partial charge in [-0.15, -0.1) is 0 Å². The highest BCUT2D eigenvalue weighted by atomic mass is 16.5. The SMILES string of the molecule is Cc1cn(Cc2nc(C3CCOCC3)nn2Cc2ccccc2)c(=O)[nH]c1=O. The van der Waals surface area contributed by atoms with Crippen molar-refractivity contribution in [1.29, 1.82) is 0 Å². The monoisotopic (exact) mass is 381 g/mol. The van der Waals surface area contributed by atoms with E-state index < -0.39 is 5.69 Å². The van der Waals surface area contributed by atoms with Gasteiger partial charge in [0.05, 0.1) is 13.1 Å². The van der Waals surface area contributed by atoms with Crippen molar-refractivity contribution in [3.8, 4) is 0 Å². The minimum atomic E-state index is -0.447. The van der Waals surface area contributed by atoms with E-state index in [1.807, 2.05) is 35.0 Å². The van der Waals surface area contributed by atoms with E-state index in [9.17, 15) is 9.59 Å². The molecule has 3 heterocycles. The van der Waals surface area contributed by atoms with Crippen LogP contribution < -0.4 is 11.2 Å². The van der Waals surface area contributed by atoms with Crippen LogP contribution in [0.3, 0.4) is 0 Å². The molecular formula is C20H23N5O3. The molecule has 1 aliphatic heterocycles. The smallest absolute Gasteiger partial charge is 0.328 e. The third-order valence-corrected chi connectivity index (χ3v) is 5.03. The average molecular weight is 381 g/mol. The summed E-state index contributed by atoms with van der Waals surface area (Å²) in [5.74, 6) is 1.75. The second kappa shape index (κ2) is 7.93. The number of aryl methyl sites for hydroxylation is 1. The number of aromatic nitrogens is 5. The molecule has 3 aromatic rings. The molecule has 4 rings (SSSR count). The summed E-state index contributed by atoms with van der Waals surface area (Å²) in [5.41, 5.74) is 0.780. The fourth-order valence-corrected chi connectivity index (χ4v) is 3.41. The molecule has 0 radical (unpaired) electrons. The summed E-state index contributed by atoms with van der Waals surface area (Å²) < 4.78 is 8.77. The number of hydrogen-bond acceptors (Lipinski definition) is 5. The quantitative estimate of drug-likeness (QED) is 0.721. The molecule has 1 fully saturated rings. The van der Waals surface area contributed by atoms with Gasteiger partial charge in [-0.2, -0.15) is 5.10 Å². The standard InChI is InChI=1S/C20H23N5O3/c1-14-11-24(20(27)22-19(14)26)13-17-21-18(16-7-9-28-10-8-16)23-25(17)12-15-5-3-2-4-6-15/h2-6,11,16H,7-10,12-13H2,1H3,(H,22,26,27). The van der Waals surface area contributed by atoms with E-state index >= 15 is 0 Å². The number of rotatable bonds is 5. The molecule has 0 amide bonds. The fraction of sp³-hybridized carbons (Fsp3) is 0.400. The van der Waals surface area contributed by atoms with Gasteiger partial charge in [-0.3, -0.25) is 14.3 Å². The van der Waals surface area contributed by atoms with Crippen molar-refractivity contribution in [2.45, 2.75) is 38.8 Å². The molecule has 1 saturated heterocycles. The zero-order valence-electron chi connectivity index (χ0n) is 15.8. The molecule has 0 aliphatic carbocycles. The van der Waals surface area contributed by atoms with Gasteiger partial charge in [-0.1, -0.05) is 30.3 Å². The first-order chi connectivity index (χ1) is 13.6. The largest absolute Gasteiger partial charge is 0.381 e. The van der Waals surface area contributed by atoms with Crippen LogP contribution in [-0.4, -0.2) is 37.5 Å². The van der Waals surface area contributed by atoms with Gasteiger partial charge in [-0.25, -0.2) is 14.5 Å². The Balaban J connectivity index is 1.69. The highest BCUT2D eigenvalue weighted by molar-refractivity contribution is 5.16. The highest BCUT2D eigenvalue weighted by Gasteiger charge is 2.22. The van der Waals surface area contributed by atoms with Crippen molar-refractivity contribution in [1.82, 2.24) is 24.3 Å². The molecule has 8 nitrogen and oxygen atoms in total. The van der Waals surface area contributed by atoms with Gasteiger partial charge < -0.3 is 4.74 Å². The number of H-pyrrole nitrogens is 1. The summed E-state index contributed by atoms with van der Waals surface area (Å²) in [4.78, 5) is 31.0. The lowest BCUT2D eigenvalue weighted by Crippen LogP contribution is -2.31. The number of nitrogens with one attached hydrogen (secondary N) is 1. The van der Waals surface area contributed by atoms with E-state index in [4.69, 9.17) is 14.8 Å². The molecule has 28 heavy (non-hydrogen) atoms. The first-order valence-corrected chi connectivity index (χ1v) is 9.46. The number of nitrogens with zero attached hydrogens (tertiary/aromatic N) is 4. The van der Waals surface area contributed by atoms with Crippen molar-refractivity contribution in [3.05, 3.63) is 80.1 Å². The zero-order chi connectivity index (χ0) is 19.5. The third-order valence-electron chi connectivity index (χ3n) is 5.03. The van der Waals surface area contributed by atoms with Crippen LogP contribution in [0.25, 0.3) is 0 Å². The first-order valence-electron chi connectivity index (χ1n) is 9.46. The predicted molar refractivity (Wildman–Crippen MR) is 104 cm³/mol. The molecule has 0 bridgehead atoms. The zero-order valence-corrected chi connectivity index (χ0v) is 15.8. The lowest BCUT2D eigenvalue weighted by Gasteiger charge is -2.18. The van der Waals surface area contributed by atoms with Crippen molar-refractivity contribution in [3.63, 3.8) is 0 Å². The van der Waals surface area contributed by atoms with Crippen LogP contribution >= 0.6 is 0 Å².